The molecule has 1 heteroatoms. The first-order valence-corrected chi connectivity index (χ1v) is 11.8. The predicted octanol–water partition coefficient (Wildman–Crippen LogP) is 8.06. The third kappa shape index (κ3) is 4.94. The summed E-state index contributed by atoms with van der Waals surface area (Å²) in [7, 11) is 0. The fraction of sp³-hybridized carbons (Fsp3) is 0.250. The van der Waals surface area contributed by atoms with Gasteiger partial charge in [-0.2, -0.15) is 0 Å². The van der Waals surface area contributed by atoms with E-state index >= 15 is 0 Å². The van der Waals surface area contributed by atoms with Gasteiger partial charge in [0, 0.05) is 10.8 Å². The molecule has 0 saturated carbocycles. The second-order valence-electron chi connectivity index (χ2n) is 9.79. The van der Waals surface area contributed by atoms with Crippen molar-refractivity contribution in [2.45, 2.75) is 51.7 Å². The molecule has 4 rings (SSSR count). The highest BCUT2D eigenvalue weighted by molar-refractivity contribution is 5.43. The zero-order chi connectivity index (χ0) is 23.3. The summed E-state index contributed by atoms with van der Waals surface area (Å²) in [5, 5.41) is 0. The number of ether oxygens (including phenoxy) is 1. The second-order valence-corrected chi connectivity index (χ2v) is 9.79. The van der Waals surface area contributed by atoms with Gasteiger partial charge in [0.1, 0.15) is 0 Å². The van der Waals surface area contributed by atoms with Gasteiger partial charge < -0.3 is 4.74 Å². The zero-order valence-corrected chi connectivity index (χ0v) is 20.2. The molecule has 1 nitrogen and oxygen atoms in total. The molecule has 0 bridgehead atoms. The molecule has 168 valence electrons. The molecule has 0 aliphatic heterocycles. The van der Waals surface area contributed by atoms with Gasteiger partial charge in [0.05, 0.1) is 13.2 Å². The van der Waals surface area contributed by atoms with Crippen molar-refractivity contribution in [3.63, 3.8) is 0 Å². The molecule has 0 spiro atoms. The van der Waals surface area contributed by atoms with Gasteiger partial charge in [-0.25, -0.2) is 0 Å². The van der Waals surface area contributed by atoms with Crippen LogP contribution in [0.2, 0.25) is 0 Å². The van der Waals surface area contributed by atoms with Crippen LogP contribution in [0.4, 0.5) is 0 Å². The van der Waals surface area contributed by atoms with Gasteiger partial charge in [0.15, 0.2) is 0 Å². The normalized spacial score (nSPS) is 12.0. The molecule has 0 amide bonds. The number of hydrogen-bond acceptors (Lipinski definition) is 1. The molecule has 4 aromatic rings. The van der Waals surface area contributed by atoms with Gasteiger partial charge in [0.2, 0.25) is 0 Å². The lowest BCUT2D eigenvalue weighted by molar-refractivity contribution is 0.105. The van der Waals surface area contributed by atoms with Gasteiger partial charge >= 0.3 is 0 Å². The topological polar surface area (TPSA) is 9.23 Å². The molecule has 0 fully saturated rings. The highest BCUT2D eigenvalue weighted by Crippen LogP contribution is 2.35. The van der Waals surface area contributed by atoms with E-state index in [2.05, 4.69) is 137 Å². The minimum Gasteiger partial charge on any atom is -0.372 e. The van der Waals surface area contributed by atoms with Crippen molar-refractivity contribution in [3.8, 4) is 0 Å². The van der Waals surface area contributed by atoms with Gasteiger partial charge in [0.25, 0.3) is 0 Å². The van der Waals surface area contributed by atoms with Crippen LogP contribution in [0.5, 0.6) is 0 Å². The van der Waals surface area contributed by atoms with E-state index in [1.165, 1.54) is 33.4 Å². The molecular formula is C32H34O. The van der Waals surface area contributed by atoms with Crippen LogP contribution in [0.15, 0.2) is 109 Å². The summed E-state index contributed by atoms with van der Waals surface area (Å²) in [6.07, 6.45) is 0. The van der Waals surface area contributed by atoms with Crippen molar-refractivity contribution < 1.29 is 4.74 Å². The Kier molecular flexibility index (Phi) is 6.81. The first kappa shape index (κ1) is 23.0. The fourth-order valence-electron chi connectivity index (χ4n) is 4.80. The van der Waals surface area contributed by atoms with Crippen molar-refractivity contribution in [1.29, 1.82) is 0 Å². The lowest BCUT2D eigenvalue weighted by Crippen LogP contribution is -2.22. The average Bonchev–Trinajstić information content (AvgIpc) is 2.85. The lowest BCUT2D eigenvalue weighted by Gasteiger charge is -2.29. The van der Waals surface area contributed by atoms with Crippen molar-refractivity contribution in [2.24, 2.45) is 0 Å². The van der Waals surface area contributed by atoms with Gasteiger partial charge in [-0.15, -0.1) is 0 Å². The molecule has 0 unspecified atom stereocenters. The lowest BCUT2D eigenvalue weighted by atomic mass is 9.76. The molecule has 0 saturated heterocycles. The molecule has 0 radical (unpaired) electrons. The minimum absolute atomic E-state index is 0.0889. The predicted molar refractivity (Wildman–Crippen MR) is 139 cm³/mol. The first-order valence-electron chi connectivity index (χ1n) is 11.8. The van der Waals surface area contributed by atoms with Crippen molar-refractivity contribution >= 4 is 0 Å². The third-order valence-electron chi connectivity index (χ3n) is 6.89. The monoisotopic (exact) mass is 434 g/mol. The van der Waals surface area contributed by atoms with E-state index in [0.717, 1.165) is 0 Å². The van der Waals surface area contributed by atoms with Crippen LogP contribution >= 0.6 is 0 Å². The maximum absolute atomic E-state index is 6.35. The van der Waals surface area contributed by atoms with Crippen molar-refractivity contribution in [2.75, 3.05) is 0 Å². The van der Waals surface area contributed by atoms with Gasteiger partial charge in [-0.1, -0.05) is 137 Å². The molecule has 33 heavy (non-hydrogen) atoms. The van der Waals surface area contributed by atoms with Crippen LogP contribution in [-0.4, -0.2) is 0 Å². The molecule has 0 aliphatic rings. The van der Waals surface area contributed by atoms with E-state index in [1.54, 1.807) is 0 Å². The molecule has 0 N–H and O–H groups in total. The first-order chi connectivity index (χ1) is 15.9. The summed E-state index contributed by atoms with van der Waals surface area (Å²) in [5.74, 6) is 0. The molecule has 0 heterocycles. The summed E-state index contributed by atoms with van der Waals surface area (Å²) in [6, 6.07) is 38.8. The maximum Gasteiger partial charge on any atom is 0.0724 e. The Hall–Kier alpha value is -3.16. The Bertz CT molecular complexity index is 1080. The Morgan fingerprint density at radius 1 is 0.455 bits per heavy atom. The Labute approximate surface area is 199 Å². The standard InChI is InChI=1S/C32H34O/c1-31(2,27-17-7-5-8-18-27)29-21-13-11-15-25(29)23-33-24-26-16-12-14-22-30(26)32(3,4)28-19-9-6-10-20-28/h5-22H,23-24H2,1-4H3. The molecule has 0 aliphatic carbocycles. The number of hydrogen-bond donors (Lipinski definition) is 0. The van der Waals surface area contributed by atoms with Crippen LogP contribution < -0.4 is 0 Å². The smallest absolute Gasteiger partial charge is 0.0724 e. The van der Waals surface area contributed by atoms with E-state index < -0.39 is 0 Å². The van der Waals surface area contributed by atoms with E-state index in [9.17, 15) is 0 Å². The SMILES string of the molecule is CC(C)(c1ccccc1)c1ccccc1COCc1ccccc1C(C)(C)c1ccccc1. The molecule has 0 aromatic heterocycles. The summed E-state index contributed by atoms with van der Waals surface area (Å²) in [4.78, 5) is 0. The highest BCUT2D eigenvalue weighted by atomic mass is 16.5. The summed E-state index contributed by atoms with van der Waals surface area (Å²) in [6.45, 7) is 10.3. The van der Waals surface area contributed by atoms with Gasteiger partial charge in [-0.05, 0) is 33.4 Å². The van der Waals surface area contributed by atoms with Crippen LogP contribution in [0.25, 0.3) is 0 Å². The Balaban J connectivity index is 1.54. The molecular weight excluding hydrogens is 400 g/mol. The molecule has 0 atom stereocenters. The Morgan fingerprint density at radius 3 is 1.18 bits per heavy atom. The third-order valence-corrected chi connectivity index (χ3v) is 6.89. The van der Waals surface area contributed by atoms with E-state index in [-0.39, 0.29) is 10.8 Å². The summed E-state index contributed by atoms with van der Waals surface area (Å²) < 4.78 is 6.35. The number of benzene rings is 4. The largest absolute Gasteiger partial charge is 0.372 e. The Morgan fingerprint density at radius 2 is 0.788 bits per heavy atom. The number of rotatable bonds is 8. The van der Waals surface area contributed by atoms with E-state index in [1.807, 2.05) is 0 Å². The molecule has 4 aromatic carbocycles. The van der Waals surface area contributed by atoms with Crippen LogP contribution in [0, 0.1) is 0 Å². The maximum atomic E-state index is 6.35. The fourth-order valence-corrected chi connectivity index (χ4v) is 4.80. The highest BCUT2D eigenvalue weighted by Gasteiger charge is 2.27. The average molecular weight is 435 g/mol. The second kappa shape index (κ2) is 9.77. The van der Waals surface area contributed by atoms with Crippen LogP contribution in [0.3, 0.4) is 0 Å². The van der Waals surface area contributed by atoms with E-state index in [0.29, 0.717) is 13.2 Å². The van der Waals surface area contributed by atoms with Crippen LogP contribution in [0.1, 0.15) is 61.1 Å². The van der Waals surface area contributed by atoms with E-state index in [4.69, 9.17) is 4.74 Å². The summed E-state index contributed by atoms with van der Waals surface area (Å²) >= 11 is 0. The zero-order valence-electron chi connectivity index (χ0n) is 20.2. The minimum atomic E-state index is -0.0889. The quantitative estimate of drug-likeness (QED) is 0.272. The van der Waals surface area contributed by atoms with Crippen molar-refractivity contribution in [1.82, 2.24) is 0 Å². The van der Waals surface area contributed by atoms with Crippen molar-refractivity contribution in [3.05, 3.63) is 143 Å². The van der Waals surface area contributed by atoms with Crippen LogP contribution in [-0.2, 0) is 28.8 Å². The summed E-state index contributed by atoms with van der Waals surface area (Å²) in [5.41, 5.74) is 7.56. The van der Waals surface area contributed by atoms with Gasteiger partial charge in [-0.3, -0.25) is 0 Å².